The lowest BCUT2D eigenvalue weighted by atomic mass is 10.2. The summed E-state index contributed by atoms with van der Waals surface area (Å²) in [5, 5.41) is 1.03. The minimum absolute atomic E-state index is 0.653. The summed E-state index contributed by atoms with van der Waals surface area (Å²) < 4.78 is 12.2. The zero-order valence-corrected chi connectivity index (χ0v) is 17.9. The Kier molecular flexibility index (Phi) is 6.80. The second kappa shape index (κ2) is 9.07. The lowest BCUT2D eigenvalue weighted by Gasteiger charge is -2.11. The third-order valence-corrected chi connectivity index (χ3v) is 5.76. The maximum Gasteiger partial charge on any atom is 0.124 e. The van der Waals surface area contributed by atoms with Crippen LogP contribution in [0.25, 0.3) is 20.8 Å². The molecule has 1 aromatic heterocycles. The van der Waals surface area contributed by atoms with Crippen molar-refractivity contribution in [1.29, 1.82) is 0 Å². The van der Waals surface area contributed by atoms with Crippen LogP contribution in [0.1, 0.15) is 6.42 Å². The van der Waals surface area contributed by atoms with Crippen LogP contribution in [-0.4, -0.2) is 32.3 Å². The van der Waals surface area contributed by atoms with Crippen molar-refractivity contribution in [1.82, 2.24) is 4.98 Å². The highest BCUT2D eigenvalue weighted by molar-refractivity contribution is 14.2. The van der Waals surface area contributed by atoms with Gasteiger partial charge in [-0.1, -0.05) is 0 Å². The standard InChI is InChI=1S/C18H19IN2O2S2/c1-21(2)14-6-4-13(5-7-14)18-20-16-9-8-15(12-17(16)24-18)22-10-3-11-23-25-19/h4-9,12H,3,10-11H2,1-2H3. The van der Waals surface area contributed by atoms with E-state index in [0.29, 0.717) is 13.2 Å². The molecule has 0 fully saturated rings. The van der Waals surface area contributed by atoms with E-state index in [9.17, 15) is 0 Å². The predicted octanol–water partition coefficient (Wildman–Crippen LogP) is 5.81. The molecule has 0 bridgehead atoms. The summed E-state index contributed by atoms with van der Waals surface area (Å²) >= 11 is 3.81. The number of halogens is 1. The van der Waals surface area contributed by atoms with Crippen LogP contribution in [0.5, 0.6) is 5.75 Å². The molecule has 132 valence electrons. The lowest BCUT2D eigenvalue weighted by molar-refractivity contribution is 0.269. The predicted molar refractivity (Wildman–Crippen MR) is 117 cm³/mol. The SMILES string of the molecule is CN(C)c1ccc(-c2nc3ccc(OCCCOSI)cc3s2)cc1. The molecule has 1 heterocycles. The molecular formula is C18H19IN2O2S2. The lowest BCUT2D eigenvalue weighted by Crippen LogP contribution is -2.07. The van der Waals surface area contributed by atoms with Crippen LogP contribution in [0.15, 0.2) is 42.5 Å². The average Bonchev–Trinajstić information content (AvgIpc) is 3.05. The van der Waals surface area contributed by atoms with E-state index in [4.69, 9.17) is 13.9 Å². The zero-order chi connectivity index (χ0) is 17.6. The Balaban J connectivity index is 1.71. The van der Waals surface area contributed by atoms with E-state index in [2.05, 4.69) is 56.4 Å². The van der Waals surface area contributed by atoms with Crippen molar-refractivity contribution in [3.8, 4) is 16.3 Å². The average molecular weight is 486 g/mol. The highest BCUT2D eigenvalue weighted by Crippen LogP contribution is 2.33. The Labute approximate surface area is 168 Å². The number of aromatic nitrogens is 1. The minimum atomic E-state index is 0.653. The molecule has 0 spiro atoms. The Morgan fingerprint density at radius 2 is 1.92 bits per heavy atom. The van der Waals surface area contributed by atoms with Gasteiger partial charge in [0, 0.05) is 53.0 Å². The van der Waals surface area contributed by atoms with E-state index < -0.39 is 0 Å². The molecule has 0 N–H and O–H groups in total. The fourth-order valence-corrected chi connectivity index (χ4v) is 4.08. The molecule has 25 heavy (non-hydrogen) atoms. The molecule has 0 aliphatic heterocycles. The van der Waals surface area contributed by atoms with Crippen molar-refractivity contribution in [3.63, 3.8) is 0 Å². The largest absolute Gasteiger partial charge is 0.493 e. The Hall–Kier alpha value is -1.03. The van der Waals surface area contributed by atoms with Gasteiger partial charge in [-0.15, -0.1) is 11.3 Å². The molecule has 3 rings (SSSR count). The fourth-order valence-electron chi connectivity index (χ4n) is 2.36. The first-order valence-corrected chi connectivity index (χ1v) is 12.0. The monoisotopic (exact) mass is 486 g/mol. The quantitative estimate of drug-likeness (QED) is 0.228. The summed E-state index contributed by atoms with van der Waals surface area (Å²) in [4.78, 5) is 6.84. The number of thiazole rings is 1. The highest BCUT2D eigenvalue weighted by Gasteiger charge is 2.08. The first-order chi connectivity index (χ1) is 12.2. The maximum absolute atomic E-state index is 5.80. The van der Waals surface area contributed by atoms with Crippen molar-refractivity contribution in [2.45, 2.75) is 6.42 Å². The Bertz CT molecular complexity index is 822. The van der Waals surface area contributed by atoms with Gasteiger partial charge in [0.05, 0.1) is 32.6 Å². The van der Waals surface area contributed by atoms with Crippen LogP contribution in [0.4, 0.5) is 5.69 Å². The van der Waals surface area contributed by atoms with Crippen LogP contribution in [-0.2, 0) is 4.18 Å². The Morgan fingerprint density at radius 1 is 1.12 bits per heavy atom. The molecule has 3 aromatic rings. The molecule has 0 aliphatic carbocycles. The summed E-state index contributed by atoms with van der Waals surface area (Å²) in [5.41, 5.74) is 3.34. The Morgan fingerprint density at radius 3 is 2.64 bits per heavy atom. The fraction of sp³-hybridized carbons (Fsp3) is 0.278. The van der Waals surface area contributed by atoms with Crippen molar-refractivity contribution >= 4 is 57.7 Å². The second-order valence-electron chi connectivity index (χ2n) is 5.68. The molecule has 0 atom stereocenters. The molecule has 7 heteroatoms. The molecule has 0 aliphatic rings. The van der Waals surface area contributed by atoms with Gasteiger partial charge >= 0.3 is 0 Å². The summed E-state index contributed by atoms with van der Waals surface area (Å²) in [6, 6.07) is 14.5. The van der Waals surface area contributed by atoms with Crippen molar-refractivity contribution in [3.05, 3.63) is 42.5 Å². The third-order valence-electron chi connectivity index (χ3n) is 3.68. The molecule has 2 aromatic carbocycles. The number of nitrogens with zero attached hydrogens (tertiary/aromatic N) is 2. The normalized spacial score (nSPS) is 11.0. The van der Waals surface area contributed by atoms with Gasteiger partial charge in [0.2, 0.25) is 0 Å². The molecule has 0 saturated heterocycles. The van der Waals surface area contributed by atoms with Crippen LogP contribution >= 0.6 is 41.8 Å². The van der Waals surface area contributed by atoms with Gasteiger partial charge in [-0.25, -0.2) is 4.98 Å². The smallest absolute Gasteiger partial charge is 0.124 e. The first-order valence-electron chi connectivity index (χ1n) is 7.89. The second-order valence-corrected chi connectivity index (χ2v) is 8.15. The number of benzene rings is 2. The number of ether oxygens (including phenoxy) is 1. The molecule has 0 radical (unpaired) electrons. The van der Waals surface area contributed by atoms with Crippen LogP contribution in [0, 0.1) is 0 Å². The zero-order valence-electron chi connectivity index (χ0n) is 14.1. The number of hydrogen-bond donors (Lipinski definition) is 0. The van der Waals surface area contributed by atoms with Gasteiger partial charge in [-0.3, -0.25) is 0 Å². The molecular weight excluding hydrogens is 467 g/mol. The van der Waals surface area contributed by atoms with Gasteiger partial charge < -0.3 is 13.8 Å². The summed E-state index contributed by atoms with van der Waals surface area (Å²) in [6.45, 7) is 1.35. The number of anilines is 1. The van der Waals surface area contributed by atoms with Crippen molar-refractivity contribution in [2.75, 3.05) is 32.2 Å². The van der Waals surface area contributed by atoms with Gasteiger partial charge in [0.25, 0.3) is 0 Å². The third kappa shape index (κ3) is 4.99. The summed E-state index contributed by atoms with van der Waals surface area (Å²) in [5.74, 6) is 0.882. The highest BCUT2D eigenvalue weighted by atomic mass is 127. The van der Waals surface area contributed by atoms with Gasteiger partial charge in [-0.2, -0.15) is 0 Å². The first kappa shape index (κ1) is 18.8. The molecule has 0 unspecified atom stereocenters. The van der Waals surface area contributed by atoms with E-state index in [1.807, 2.05) is 26.2 Å². The number of hydrogen-bond acceptors (Lipinski definition) is 6. The number of fused-ring (bicyclic) bond motifs is 1. The molecule has 4 nitrogen and oxygen atoms in total. The maximum atomic E-state index is 5.80. The minimum Gasteiger partial charge on any atom is -0.493 e. The molecule has 0 amide bonds. The molecule has 0 saturated carbocycles. The van der Waals surface area contributed by atoms with E-state index in [-0.39, 0.29) is 0 Å². The summed E-state index contributed by atoms with van der Waals surface area (Å²) in [6.07, 6.45) is 0.875. The topological polar surface area (TPSA) is 34.6 Å². The van der Waals surface area contributed by atoms with E-state index in [1.54, 1.807) is 11.3 Å². The van der Waals surface area contributed by atoms with Gasteiger partial charge in [-0.05, 0) is 42.5 Å². The number of rotatable bonds is 8. The van der Waals surface area contributed by atoms with Gasteiger partial charge in [0.15, 0.2) is 0 Å². The summed E-state index contributed by atoms with van der Waals surface area (Å²) in [7, 11) is 5.44. The van der Waals surface area contributed by atoms with Gasteiger partial charge in [0.1, 0.15) is 10.8 Å². The van der Waals surface area contributed by atoms with Crippen LogP contribution in [0.3, 0.4) is 0 Å². The van der Waals surface area contributed by atoms with Crippen molar-refractivity contribution in [2.24, 2.45) is 0 Å². The van der Waals surface area contributed by atoms with Crippen LogP contribution < -0.4 is 9.64 Å². The van der Waals surface area contributed by atoms with E-state index in [0.717, 1.165) is 33.0 Å². The van der Waals surface area contributed by atoms with Crippen LogP contribution in [0.2, 0.25) is 0 Å². The van der Waals surface area contributed by atoms with E-state index >= 15 is 0 Å². The van der Waals surface area contributed by atoms with Crippen molar-refractivity contribution < 1.29 is 8.92 Å². The van der Waals surface area contributed by atoms with E-state index in [1.165, 1.54) is 14.9 Å².